The Labute approximate surface area is 120 Å². The lowest BCUT2D eigenvalue weighted by molar-refractivity contribution is -0.384. The third kappa shape index (κ3) is 2.88. The quantitative estimate of drug-likeness (QED) is 0.672. The number of nitrogens with zero attached hydrogens (tertiary/aromatic N) is 3. The van der Waals surface area contributed by atoms with E-state index < -0.39 is 10.9 Å². The smallest absolute Gasteiger partial charge is 0.360 e. The van der Waals surface area contributed by atoms with E-state index in [1.54, 1.807) is 0 Å². The molecule has 1 heterocycles. The molecule has 20 heavy (non-hydrogen) atoms. The van der Waals surface area contributed by atoms with Crippen LogP contribution in [0.3, 0.4) is 0 Å². The van der Waals surface area contributed by atoms with E-state index in [1.165, 1.54) is 24.5 Å². The molecule has 0 aliphatic heterocycles. The van der Waals surface area contributed by atoms with Gasteiger partial charge in [-0.05, 0) is 22.0 Å². The van der Waals surface area contributed by atoms with Gasteiger partial charge in [-0.15, -0.1) is 0 Å². The van der Waals surface area contributed by atoms with E-state index in [0.29, 0.717) is 4.47 Å². The number of non-ortho nitro benzene ring substituents is 1. The summed E-state index contributed by atoms with van der Waals surface area (Å²) in [6.07, 6.45) is 2.46. The average Bonchev–Trinajstić information content (AvgIpc) is 2.41. The highest BCUT2D eigenvalue weighted by molar-refractivity contribution is 9.10. The number of carbonyl (C=O) groups is 1. The van der Waals surface area contributed by atoms with Crippen LogP contribution in [0, 0.1) is 10.1 Å². The van der Waals surface area contributed by atoms with Crippen LogP contribution in [0.25, 0.3) is 0 Å². The molecule has 0 aliphatic carbocycles. The molecule has 2 rings (SSSR count). The SMILES string of the molecule is O=C(O)c1nccnc1Oc1cc([N+](=O)[O-])ccc1Br. The first-order valence-electron chi connectivity index (χ1n) is 5.15. The van der Waals surface area contributed by atoms with E-state index in [-0.39, 0.29) is 23.0 Å². The number of rotatable bonds is 4. The van der Waals surface area contributed by atoms with Crippen LogP contribution in [-0.2, 0) is 0 Å². The molecule has 9 heteroatoms. The molecule has 0 aliphatic rings. The number of hydrogen-bond acceptors (Lipinski definition) is 6. The van der Waals surface area contributed by atoms with Gasteiger partial charge in [0.1, 0.15) is 0 Å². The molecule has 0 saturated heterocycles. The Hall–Kier alpha value is -2.55. The standard InChI is InChI=1S/C11H6BrN3O5/c12-7-2-1-6(15(18)19)5-8(7)20-10-9(11(16)17)13-3-4-14-10/h1-5H,(H,16,17). The summed E-state index contributed by atoms with van der Waals surface area (Å²) in [5.74, 6) is -1.49. The van der Waals surface area contributed by atoms with E-state index in [9.17, 15) is 14.9 Å². The summed E-state index contributed by atoms with van der Waals surface area (Å²) < 4.78 is 5.71. The van der Waals surface area contributed by atoms with Crippen LogP contribution in [0.2, 0.25) is 0 Å². The Bertz CT molecular complexity index is 692. The number of nitro groups is 1. The first-order chi connectivity index (χ1) is 9.49. The average molecular weight is 340 g/mol. The second-order valence-corrected chi connectivity index (χ2v) is 4.34. The third-order valence-corrected chi connectivity index (χ3v) is 2.85. The van der Waals surface area contributed by atoms with Crippen LogP contribution in [0.1, 0.15) is 10.5 Å². The highest BCUT2D eigenvalue weighted by Gasteiger charge is 2.17. The minimum atomic E-state index is -1.31. The van der Waals surface area contributed by atoms with Crippen LogP contribution in [0.15, 0.2) is 35.1 Å². The van der Waals surface area contributed by atoms with Crippen molar-refractivity contribution in [1.82, 2.24) is 9.97 Å². The van der Waals surface area contributed by atoms with Crippen LogP contribution >= 0.6 is 15.9 Å². The summed E-state index contributed by atoms with van der Waals surface area (Å²) in [5.41, 5.74) is -0.574. The van der Waals surface area contributed by atoms with Crippen LogP contribution < -0.4 is 4.74 Å². The van der Waals surface area contributed by atoms with Gasteiger partial charge in [0.2, 0.25) is 5.69 Å². The first-order valence-corrected chi connectivity index (χ1v) is 5.94. The molecule has 0 unspecified atom stereocenters. The number of aromatic nitrogens is 2. The molecule has 0 radical (unpaired) electrons. The normalized spacial score (nSPS) is 10.1. The lowest BCUT2D eigenvalue weighted by Crippen LogP contribution is -2.04. The fraction of sp³-hybridized carbons (Fsp3) is 0. The monoisotopic (exact) mass is 339 g/mol. The van der Waals surface area contributed by atoms with Crippen molar-refractivity contribution in [2.24, 2.45) is 0 Å². The zero-order valence-corrected chi connectivity index (χ0v) is 11.3. The van der Waals surface area contributed by atoms with Gasteiger partial charge in [-0.25, -0.2) is 14.8 Å². The molecular weight excluding hydrogens is 334 g/mol. The van der Waals surface area contributed by atoms with E-state index in [4.69, 9.17) is 9.84 Å². The molecule has 1 N–H and O–H groups in total. The van der Waals surface area contributed by atoms with Gasteiger partial charge in [-0.3, -0.25) is 10.1 Å². The van der Waals surface area contributed by atoms with Gasteiger partial charge in [0.25, 0.3) is 11.6 Å². The molecule has 1 aromatic carbocycles. The minimum Gasteiger partial charge on any atom is -0.476 e. The van der Waals surface area contributed by atoms with Gasteiger partial charge in [0, 0.05) is 18.5 Å². The Morgan fingerprint density at radius 1 is 1.35 bits per heavy atom. The molecule has 0 bridgehead atoms. The summed E-state index contributed by atoms with van der Waals surface area (Å²) in [6.45, 7) is 0. The van der Waals surface area contributed by atoms with Crippen molar-refractivity contribution in [3.05, 3.63) is 50.9 Å². The fourth-order valence-electron chi connectivity index (χ4n) is 1.33. The number of hydrogen-bond donors (Lipinski definition) is 1. The highest BCUT2D eigenvalue weighted by Crippen LogP contribution is 2.32. The van der Waals surface area contributed by atoms with Gasteiger partial charge in [0.05, 0.1) is 15.5 Å². The van der Waals surface area contributed by atoms with E-state index in [1.807, 2.05) is 0 Å². The molecule has 0 fully saturated rings. The lowest BCUT2D eigenvalue weighted by atomic mass is 10.3. The maximum atomic E-state index is 11.0. The summed E-state index contributed by atoms with van der Waals surface area (Å²) in [4.78, 5) is 28.5. The number of halogens is 1. The topological polar surface area (TPSA) is 115 Å². The second kappa shape index (κ2) is 5.61. The summed E-state index contributed by atoms with van der Waals surface area (Å²) in [6, 6.07) is 3.86. The number of nitro benzene ring substituents is 1. The predicted molar refractivity (Wildman–Crippen MR) is 69.9 cm³/mol. The Morgan fingerprint density at radius 3 is 2.70 bits per heavy atom. The van der Waals surface area contributed by atoms with Crippen molar-refractivity contribution in [3.8, 4) is 11.6 Å². The number of carboxylic acids is 1. The molecule has 2 aromatic rings. The minimum absolute atomic E-state index is 0.0715. The van der Waals surface area contributed by atoms with Gasteiger partial charge in [-0.2, -0.15) is 0 Å². The molecule has 8 nitrogen and oxygen atoms in total. The maximum absolute atomic E-state index is 11.0. The van der Waals surface area contributed by atoms with Crippen LogP contribution in [-0.4, -0.2) is 26.0 Å². The second-order valence-electron chi connectivity index (χ2n) is 3.49. The summed E-state index contributed by atoms with van der Waals surface area (Å²) in [5, 5.41) is 19.7. The van der Waals surface area contributed by atoms with Gasteiger partial charge >= 0.3 is 5.97 Å². The van der Waals surface area contributed by atoms with Crippen LogP contribution in [0.4, 0.5) is 5.69 Å². The Balaban J connectivity index is 2.42. The number of ether oxygens (including phenoxy) is 1. The maximum Gasteiger partial charge on any atom is 0.360 e. The largest absolute Gasteiger partial charge is 0.476 e. The molecule has 0 spiro atoms. The van der Waals surface area contributed by atoms with Gasteiger partial charge in [0.15, 0.2) is 5.75 Å². The van der Waals surface area contributed by atoms with Crippen molar-refractivity contribution < 1.29 is 19.6 Å². The molecule has 1 aromatic heterocycles. The predicted octanol–water partition coefficient (Wildman–Crippen LogP) is 2.64. The zero-order chi connectivity index (χ0) is 14.7. The fourth-order valence-corrected chi connectivity index (χ4v) is 1.66. The highest BCUT2D eigenvalue weighted by atomic mass is 79.9. The van der Waals surface area contributed by atoms with E-state index in [2.05, 4.69) is 25.9 Å². The van der Waals surface area contributed by atoms with Crippen molar-refractivity contribution in [2.75, 3.05) is 0 Å². The first kappa shape index (κ1) is 13.9. The number of carboxylic acid groups (broad SMARTS) is 1. The van der Waals surface area contributed by atoms with Crippen LogP contribution in [0.5, 0.6) is 11.6 Å². The molecule has 0 atom stereocenters. The van der Waals surface area contributed by atoms with Crippen molar-refractivity contribution in [1.29, 1.82) is 0 Å². The van der Waals surface area contributed by atoms with Crippen molar-refractivity contribution in [2.45, 2.75) is 0 Å². The number of benzene rings is 1. The third-order valence-electron chi connectivity index (χ3n) is 2.20. The van der Waals surface area contributed by atoms with Gasteiger partial charge in [-0.1, -0.05) is 0 Å². The summed E-state index contributed by atoms with van der Waals surface area (Å²) >= 11 is 3.16. The van der Waals surface area contributed by atoms with Crippen molar-refractivity contribution in [3.63, 3.8) is 0 Å². The van der Waals surface area contributed by atoms with E-state index in [0.717, 1.165) is 6.07 Å². The number of aromatic carboxylic acids is 1. The Kier molecular flexibility index (Phi) is 3.89. The van der Waals surface area contributed by atoms with Crippen molar-refractivity contribution >= 4 is 27.6 Å². The van der Waals surface area contributed by atoms with E-state index >= 15 is 0 Å². The van der Waals surface area contributed by atoms with Gasteiger partial charge < -0.3 is 9.84 Å². The zero-order valence-electron chi connectivity index (χ0n) is 9.69. The molecule has 0 saturated carbocycles. The molecular formula is C11H6BrN3O5. The lowest BCUT2D eigenvalue weighted by Gasteiger charge is -2.07. The molecule has 102 valence electrons. The molecule has 0 amide bonds. The summed E-state index contributed by atoms with van der Waals surface area (Å²) in [7, 11) is 0. The Morgan fingerprint density at radius 2 is 2.05 bits per heavy atom.